The molecule has 2 saturated heterocycles. The van der Waals surface area contributed by atoms with Gasteiger partial charge in [-0.15, -0.1) is 0 Å². The molecule has 2 aliphatic carbocycles. The lowest BCUT2D eigenvalue weighted by Gasteiger charge is -2.49. The molecule has 3 aliphatic heterocycles. The molecule has 0 aromatic rings. The predicted molar refractivity (Wildman–Crippen MR) is 72.1 cm³/mol. The Morgan fingerprint density at radius 3 is 3.10 bits per heavy atom. The van der Waals surface area contributed by atoms with Crippen LogP contribution in [-0.2, 0) is 19.1 Å². The second kappa shape index (κ2) is 3.40. The van der Waals surface area contributed by atoms with Crippen LogP contribution >= 0.6 is 0 Å². The van der Waals surface area contributed by atoms with Gasteiger partial charge < -0.3 is 14.4 Å². The van der Waals surface area contributed by atoms with Crippen molar-refractivity contribution in [2.24, 2.45) is 17.3 Å². The summed E-state index contributed by atoms with van der Waals surface area (Å²) in [6.07, 6.45) is 7.43. The minimum Gasteiger partial charge on any atom is -0.465 e. The van der Waals surface area contributed by atoms with Gasteiger partial charge in [-0.05, 0) is 12.0 Å². The third-order valence-corrected chi connectivity index (χ3v) is 6.35. The lowest BCUT2D eigenvalue weighted by atomic mass is 9.71. The van der Waals surface area contributed by atoms with E-state index in [-0.39, 0.29) is 40.8 Å². The Kier molecular flexibility index (Phi) is 1.94. The van der Waals surface area contributed by atoms with Crippen LogP contribution in [0.3, 0.4) is 0 Å². The van der Waals surface area contributed by atoms with E-state index in [0.717, 1.165) is 18.4 Å². The van der Waals surface area contributed by atoms with Gasteiger partial charge in [-0.1, -0.05) is 12.2 Å². The quantitative estimate of drug-likeness (QED) is 0.665. The van der Waals surface area contributed by atoms with Crippen molar-refractivity contribution >= 4 is 11.9 Å². The predicted octanol–water partition coefficient (Wildman–Crippen LogP) is 0.662. The second-order valence-corrected chi connectivity index (χ2v) is 6.90. The van der Waals surface area contributed by atoms with Gasteiger partial charge in [0, 0.05) is 37.5 Å². The number of amides is 1. The normalized spacial score (nSPS) is 49.1. The van der Waals surface area contributed by atoms with Crippen molar-refractivity contribution in [1.29, 1.82) is 0 Å². The van der Waals surface area contributed by atoms with E-state index in [4.69, 9.17) is 9.47 Å². The number of esters is 1. The molecule has 0 aromatic heterocycles. The van der Waals surface area contributed by atoms with Crippen LogP contribution in [0.15, 0.2) is 23.8 Å². The van der Waals surface area contributed by atoms with E-state index in [1.165, 1.54) is 0 Å². The molecule has 5 heteroatoms. The minimum atomic E-state index is -0.338. The molecule has 0 radical (unpaired) electrons. The van der Waals surface area contributed by atoms with Crippen LogP contribution in [-0.4, -0.2) is 48.7 Å². The Morgan fingerprint density at radius 1 is 1.43 bits per heavy atom. The molecule has 5 nitrogen and oxygen atoms in total. The first-order valence-electron chi connectivity index (χ1n) is 7.55. The SMILES string of the molecule is CO[C@H]1C=CC2=CC(=O)N3CC[C@]45COC(=O)[C@H]4[C@@H]5[C@]23C1. The number of carbonyl (C=O) groups is 2. The highest BCUT2D eigenvalue weighted by molar-refractivity contribution is 5.95. The van der Waals surface area contributed by atoms with Crippen molar-refractivity contribution in [2.45, 2.75) is 24.5 Å². The summed E-state index contributed by atoms with van der Waals surface area (Å²) in [6.45, 7) is 1.24. The summed E-state index contributed by atoms with van der Waals surface area (Å²) in [6, 6.07) is 0. The van der Waals surface area contributed by atoms with Gasteiger partial charge in [0.2, 0.25) is 5.91 Å². The molecule has 0 unspecified atom stereocenters. The molecule has 0 bridgehead atoms. The highest BCUT2D eigenvalue weighted by atomic mass is 16.5. The molecule has 3 fully saturated rings. The molecule has 5 atom stereocenters. The molecule has 5 rings (SSSR count). The number of carbonyl (C=O) groups excluding carboxylic acids is 2. The van der Waals surface area contributed by atoms with Crippen LogP contribution in [0.4, 0.5) is 0 Å². The zero-order valence-corrected chi connectivity index (χ0v) is 11.9. The number of nitrogens with zero attached hydrogens (tertiary/aromatic N) is 1. The molecule has 0 N–H and O–H groups in total. The van der Waals surface area contributed by atoms with Crippen molar-refractivity contribution in [2.75, 3.05) is 20.3 Å². The number of cyclic esters (lactones) is 1. The highest BCUT2D eigenvalue weighted by Gasteiger charge is 2.82. The third kappa shape index (κ3) is 1.12. The summed E-state index contributed by atoms with van der Waals surface area (Å²) in [5.74, 6) is 0.194. The second-order valence-electron chi connectivity index (χ2n) is 6.90. The Morgan fingerprint density at radius 2 is 2.29 bits per heavy atom. The molecule has 110 valence electrons. The van der Waals surface area contributed by atoms with Gasteiger partial charge in [0.25, 0.3) is 0 Å². The fourth-order valence-corrected chi connectivity index (χ4v) is 5.43. The maximum Gasteiger partial charge on any atom is 0.310 e. The highest BCUT2D eigenvalue weighted by Crippen LogP contribution is 2.75. The van der Waals surface area contributed by atoms with E-state index in [9.17, 15) is 9.59 Å². The monoisotopic (exact) mass is 287 g/mol. The molecule has 5 aliphatic rings. The third-order valence-electron chi connectivity index (χ3n) is 6.35. The van der Waals surface area contributed by atoms with Crippen LogP contribution in [0.25, 0.3) is 0 Å². The average molecular weight is 287 g/mol. The smallest absolute Gasteiger partial charge is 0.310 e. The van der Waals surface area contributed by atoms with Crippen molar-refractivity contribution in [3.05, 3.63) is 23.8 Å². The maximum atomic E-state index is 12.4. The van der Waals surface area contributed by atoms with Crippen LogP contribution < -0.4 is 0 Å². The molecular formula is C16H17NO4. The molecule has 2 spiro atoms. The van der Waals surface area contributed by atoms with Gasteiger partial charge in [0.1, 0.15) is 0 Å². The summed E-state index contributed by atoms with van der Waals surface area (Å²) in [7, 11) is 1.70. The molecule has 1 amide bonds. The van der Waals surface area contributed by atoms with E-state index < -0.39 is 0 Å². The Labute approximate surface area is 122 Å². The number of rotatable bonds is 1. The fraction of sp³-hybridized carbons (Fsp3) is 0.625. The lowest BCUT2D eigenvalue weighted by Crippen LogP contribution is -2.58. The van der Waals surface area contributed by atoms with Crippen molar-refractivity contribution in [3.8, 4) is 0 Å². The first-order valence-corrected chi connectivity index (χ1v) is 7.55. The van der Waals surface area contributed by atoms with Crippen molar-refractivity contribution in [3.63, 3.8) is 0 Å². The van der Waals surface area contributed by atoms with Crippen molar-refractivity contribution in [1.82, 2.24) is 4.90 Å². The number of hydrogen-bond donors (Lipinski definition) is 0. The van der Waals surface area contributed by atoms with Gasteiger partial charge in [-0.2, -0.15) is 0 Å². The van der Waals surface area contributed by atoms with Crippen molar-refractivity contribution < 1.29 is 19.1 Å². The number of methoxy groups -OCH3 is 1. The minimum absolute atomic E-state index is 0.00282. The summed E-state index contributed by atoms with van der Waals surface area (Å²) in [5, 5.41) is 0. The number of fused-ring (bicyclic) bond motifs is 1. The maximum absolute atomic E-state index is 12.4. The molecule has 0 aromatic carbocycles. The Hall–Kier alpha value is -1.62. The standard InChI is InChI=1S/C16H17NO4/c1-20-10-3-2-9-6-11(18)17-5-4-15-8-21-14(19)12(15)13(15)16(9,17)7-10/h2-3,6,10,12-13H,4-5,7-8H2,1H3/t10-,12+,13-,15-,16-/m0/s1. The van der Waals surface area contributed by atoms with Crippen LogP contribution in [0.1, 0.15) is 12.8 Å². The van der Waals surface area contributed by atoms with Gasteiger partial charge in [-0.25, -0.2) is 0 Å². The number of piperidine rings is 1. The number of ether oxygens (including phenoxy) is 2. The molecule has 3 heterocycles. The first kappa shape index (κ1) is 12.0. The Bertz CT molecular complexity index is 638. The fourth-order valence-electron chi connectivity index (χ4n) is 5.43. The first-order chi connectivity index (χ1) is 10.1. The van der Waals surface area contributed by atoms with Crippen LogP contribution in [0.2, 0.25) is 0 Å². The van der Waals surface area contributed by atoms with Gasteiger partial charge in [-0.3, -0.25) is 9.59 Å². The Balaban J connectivity index is 1.66. The molecule has 21 heavy (non-hydrogen) atoms. The largest absolute Gasteiger partial charge is 0.465 e. The topological polar surface area (TPSA) is 55.8 Å². The van der Waals surface area contributed by atoms with Crippen LogP contribution in [0, 0.1) is 17.3 Å². The van der Waals surface area contributed by atoms with E-state index in [1.807, 2.05) is 17.1 Å². The van der Waals surface area contributed by atoms with Gasteiger partial charge in [0.05, 0.1) is 24.2 Å². The summed E-state index contributed by atoms with van der Waals surface area (Å²) < 4.78 is 10.8. The van der Waals surface area contributed by atoms with E-state index in [0.29, 0.717) is 13.2 Å². The van der Waals surface area contributed by atoms with E-state index in [1.54, 1.807) is 13.2 Å². The van der Waals surface area contributed by atoms with Gasteiger partial charge in [0.15, 0.2) is 0 Å². The average Bonchev–Trinajstić information content (AvgIpc) is 2.95. The lowest BCUT2D eigenvalue weighted by molar-refractivity contribution is -0.146. The summed E-state index contributed by atoms with van der Waals surface area (Å²) in [4.78, 5) is 26.4. The summed E-state index contributed by atoms with van der Waals surface area (Å²) >= 11 is 0. The zero-order valence-electron chi connectivity index (χ0n) is 11.9. The van der Waals surface area contributed by atoms with Crippen LogP contribution in [0.5, 0.6) is 0 Å². The van der Waals surface area contributed by atoms with E-state index in [2.05, 4.69) is 0 Å². The zero-order chi connectivity index (χ0) is 14.4. The van der Waals surface area contributed by atoms with E-state index >= 15 is 0 Å². The summed E-state index contributed by atoms with van der Waals surface area (Å²) in [5.41, 5.74) is 0.697. The molecule has 1 saturated carbocycles. The number of hydrogen-bond acceptors (Lipinski definition) is 4. The molecular weight excluding hydrogens is 270 g/mol. The van der Waals surface area contributed by atoms with Gasteiger partial charge >= 0.3 is 5.97 Å².